The van der Waals surface area contributed by atoms with Crippen molar-refractivity contribution in [1.29, 1.82) is 0 Å². The van der Waals surface area contributed by atoms with E-state index in [0.717, 1.165) is 36.1 Å². The minimum Gasteiger partial charge on any atom is -0.310 e. The van der Waals surface area contributed by atoms with E-state index in [1.54, 1.807) is 0 Å². The summed E-state index contributed by atoms with van der Waals surface area (Å²) < 4.78 is 52.1. The monoisotopic (exact) mass is 300 g/mol. The van der Waals surface area contributed by atoms with Crippen LogP contribution >= 0.6 is 0 Å². The highest BCUT2D eigenvalue weighted by atomic mass is 19.4. The molecule has 0 amide bonds. The van der Waals surface area contributed by atoms with Crippen molar-refractivity contribution < 1.29 is 17.6 Å². The molecule has 1 aliphatic carbocycles. The number of nitrogens with one attached hydrogen (secondary N) is 1. The van der Waals surface area contributed by atoms with Crippen LogP contribution in [0.4, 0.5) is 17.6 Å². The number of pyridine rings is 1. The van der Waals surface area contributed by atoms with Gasteiger partial charge in [0.15, 0.2) is 5.82 Å². The van der Waals surface area contributed by atoms with Gasteiger partial charge in [0, 0.05) is 24.3 Å². The van der Waals surface area contributed by atoms with E-state index in [0.29, 0.717) is 18.2 Å². The zero-order valence-electron chi connectivity index (χ0n) is 10.9. The second-order valence-electron chi connectivity index (χ2n) is 4.96. The standard InChI is InChI=1S/C13H12F4N4/c14-10-3-8(4-18-11-1-2-11)12(19-6-10)21-7-9(5-20-21)13(15,16)17/h3,5-7,11,18H,1-2,4H2. The molecule has 21 heavy (non-hydrogen) atoms. The summed E-state index contributed by atoms with van der Waals surface area (Å²) in [6.45, 7) is 0.339. The fraction of sp³-hybridized carbons (Fsp3) is 0.385. The van der Waals surface area contributed by atoms with Gasteiger partial charge in [-0.15, -0.1) is 0 Å². The average molecular weight is 300 g/mol. The first kappa shape index (κ1) is 14.0. The van der Waals surface area contributed by atoms with E-state index in [2.05, 4.69) is 15.4 Å². The molecule has 112 valence electrons. The van der Waals surface area contributed by atoms with Crippen molar-refractivity contribution >= 4 is 0 Å². The van der Waals surface area contributed by atoms with Crippen molar-refractivity contribution in [2.45, 2.75) is 31.6 Å². The van der Waals surface area contributed by atoms with E-state index in [1.807, 2.05) is 0 Å². The van der Waals surface area contributed by atoms with Gasteiger partial charge in [-0.3, -0.25) is 0 Å². The Kier molecular flexibility index (Phi) is 3.40. The number of aromatic nitrogens is 3. The predicted octanol–water partition coefficient (Wildman–Crippen LogP) is 2.68. The molecule has 1 saturated carbocycles. The molecule has 0 unspecified atom stereocenters. The molecule has 0 spiro atoms. The quantitative estimate of drug-likeness (QED) is 0.883. The van der Waals surface area contributed by atoms with Gasteiger partial charge in [-0.05, 0) is 18.9 Å². The molecule has 4 nitrogen and oxygen atoms in total. The highest BCUT2D eigenvalue weighted by Gasteiger charge is 2.32. The third kappa shape index (κ3) is 3.21. The van der Waals surface area contributed by atoms with E-state index >= 15 is 0 Å². The van der Waals surface area contributed by atoms with E-state index < -0.39 is 17.6 Å². The first-order valence-corrected chi connectivity index (χ1v) is 6.43. The van der Waals surface area contributed by atoms with Crippen LogP contribution in [0.25, 0.3) is 5.82 Å². The van der Waals surface area contributed by atoms with Crippen molar-refractivity contribution in [2.24, 2.45) is 0 Å². The Labute approximate surface area is 117 Å². The largest absolute Gasteiger partial charge is 0.419 e. The molecule has 0 aliphatic heterocycles. The highest BCUT2D eigenvalue weighted by molar-refractivity contribution is 5.34. The lowest BCUT2D eigenvalue weighted by molar-refractivity contribution is -0.137. The van der Waals surface area contributed by atoms with Crippen LogP contribution in [0.3, 0.4) is 0 Å². The van der Waals surface area contributed by atoms with E-state index in [4.69, 9.17) is 0 Å². The Morgan fingerprint density at radius 3 is 2.67 bits per heavy atom. The molecule has 2 aromatic heterocycles. The second kappa shape index (κ2) is 5.10. The van der Waals surface area contributed by atoms with Crippen LogP contribution in [0.2, 0.25) is 0 Å². The fourth-order valence-corrected chi connectivity index (χ4v) is 1.94. The Bertz CT molecular complexity index is 646. The maximum absolute atomic E-state index is 13.3. The molecule has 0 saturated heterocycles. The summed E-state index contributed by atoms with van der Waals surface area (Å²) in [5.41, 5.74) is -0.395. The zero-order valence-corrected chi connectivity index (χ0v) is 10.9. The SMILES string of the molecule is Fc1cnc(-n2cc(C(F)(F)F)cn2)c(CNC2CC2)c1. The molecule has 0 radical (unpaired) electrons. The summed E-state index contributed by atoms with van der Waals surface area (Å²) in [5, 5.41) is 6.85. The van der Waals surface area contributed by atoms with Gasteiger partial charge >= 0.3 is 6.18 Å². The first-order valence-electron chi connectivity index (χ1n) is 6.43. The minimum atomic E-state index is -4.47. The predicted molar refractivity (Wildman–Crippen MR) is 66.2 cm³/mol. The van der Waals surface area contributed by atoms with Gasteiger partial charge < -0.3 is 5.32 Å². The molecule has 3 rings (SSSR count). The Morgan fingerprint density at radius 2 is 2.05 bits per heavy atom. The van der Waals surface area contributed by atoms with Gasteiger partial charge in [-0.1, -0.05) is 0 Å². The van der Waals surface area contributed by atoms with Crippen LogP contribution in [-0.4, -0.2) is 20.8 Å². The third-order valence-electron chi connectivity index (χ3n) is 3.19. The van der Waals surface area contributed by atoms with Crippen LogP contribution in [0.15, 0.2) is 24.7 Å². The molecule has 2 heterocycles. The molecule has 1 fully saturated rings. The Balaban J connectivity index is 1.90. The van der Waals surface area contributed by atoms with Crippen molar-refractivity contribution in [1.82, 2.24) is 20.1 Å². The summed E-state index contributed by atoms with van der Waals surface area (Å²) in [5.74, 6) is -0.338. The lowest BCUT2D eigenvalue weighted by Gasteiger charge is -2.09. The van der Waals surface area contributed by atoms with Crippen LogP contribution < -0.4 is 5.32 Å². The zero-order chi connectivity index (χ0) is 15.0. The van der Waals surface area contributed by atoms with Gasteiger partial charge in [0.05, 0.1) is 18.0 Å². The molecule has 0 aromatic carbocycles. The van der Waals surface area contributed by atoms with Gasteiger partial charge in [0.2, 0.25) is 0 Å². The molecule has 2 aromatic rings. The van der Waals surface area contributed by atoms with Gasteiger partial charge in [-0.25, -0.2) is 14.1 Å². The second-order valence-corrected chi connectivity index (χ2v) is 4.96. The molecule has 0 atom stereocenters. The van der Waals surface area contributed by atoms with E-state index in [1.165, 1.54) is 6.07 Å². The summed E-state index contributed by atoms with van der Waals surface area (Å²) in [7, 11) is 0. The van der Waals surface area contributed by atoms with Crippen molar-refractivity contribution in [2.75, 3.05) is 0 Å². The smallest absolute Gasteiger partial charge is 0.310 e. The summed E-state index contributed by atoms with van der Waals surface area (Å²) in [6.07, 6.45) is 0.176. The molecular weight excluding hydrogens is 288 g/mol. The number of halogens is 4. The number of alkyl halides is 3. The van der Waals surface area contributed by atoms with Crippen LogP contribution in [0.1, 0.15) is 24.0 Å². The number of nitrogens with zero attached hydrogens (tertiary/aromatic N) is 3. The lowest BCUT2D eigenvalue weighted by atomic mass is 10.2. The molecule has 8 heteroatoms. The Hall–Kier alpha value is -1.96. The van der Waals surface area contributed by atoms with Crippen LogP contribution in [-0.2, 0) is 12.7 Å². The van der Waals surface area contributed by atoms with Crippen molar-refractivity contribution in [3.05, 3.63) is 41.6 Å². The number of hydrogen-bond acceptors (Lipinski definition) is 3. The summed E-state index contributed by atoms with van der Waals surface area (Å²) >= 11 is 0. The lowest BCUT2D eigenvalue weighted by Crippen LogP contribution is -2.18. The number of hydrogen-bond donors (Lipinski definition) is 1. The topological polar surface area (TPSA) is 42.7 Å². The molecular formula is C13H12F4N4. The van der Waals surface area contributed by atoms with E-state index in [-0.39, 0.29) is 5.82 Å². The van der Waals surface area contributed by atoms with Gasteiger partial charge in [0.25, 0.3) is 0 Å². The summed E-state index contributed by atoms with van der Waals surface area (Å²) in [4.78, 5) is 3.86. The van der Waals surface area contributed by atoms with Crippen LogP contribution in [0, 0.1) is 5.82 Å². The minimum absolute atomic E-state index is 0.194. The molecule has 1 aliphatic rings. The van der Waals surface area contributed by atoms with Gasteiger partial charge in [0.1, 0.15) is 5.82 Å². The highest BCUT2D eigenvalue weighted by Crippen LogP contribution is 2.29. The number of rotatable bonds is 4. The molecule has 0 bridgehead atoms. The fourth-order valence-electron chi connectivity index (χ4n) is 1.94. The third-order valence-corrected chi connectivity index (χ3v) is 3.19. The van der Waals surface area contributed by atoms with Gasteiger partial charge in [-0.2, -0.15) is 18.3 Å². The van der Waals surface area contributed by atoms with Crippen LogP contribution in [0.5, 0.6) is 0 Å². The maximum Gasteiger partial charge on any atom is 0.419 e. The molecule has 1 N–H and O–H groups in total. The maximum atomic E-state index is 13.3. The normalized spacial score (nSPS) is 15.4. The van der Waals surface area contributed by atoms with Crippen molar-refractivity contribution in [3.8, 4) is 5.82 Å². The van der Waals surface area contributed by atoms with E-state index in [9.17, 15) is 17.6 Å². The average Bonchev–Trinajstić information content (AvgIpc) is 3.10. The summed E-state index contributed by atoms with van der Waals surface area (Å²) in [6, 6.07) is 1.65. The Morgan fingerprint density at radius 1 is 1.29 bits per heavy atom. The first-order chi connectivity index (χ1) is 9.93. The van der Waals surface area contributed by atoms with Crippen molar-refractivity contribution in [3.63, 3.8) is 0 Å².